The molecule has 22 heavy (non-hydrogen) atoms. The maximum atomic E-state index is 5.87. The number of nitrogens with zero attached hydrogens (tertiary/aromatic N) is 3. The van der Waals surface area contributed by atoms with Crippen LogP contribution in [-0.4, -0.2) is 29.2 Å². The molecular formula is C15H20ClN5O. The second-order valence-electron chi connectivity index (χ2n) is 4.73. The molecule has 6 nitrogen and oxygen atoms in total. The average Bonchev–Trinajstić information content (AvgIpc) is 2.92. The minimum Gasteiger partial charge on any atom is -0.357 e. The highest BCUT2D eigenvalue weighted by molar-refractivity contribution is 6.30. The topological polar surface area (TPSA) is 75.3 Å². The van der Waals surface area contributed by atoms with Gasteiger partial charge in [-0.15, -0.1) is 0 Å². The molecule has 0 saturated carbocycles. The molecule has 1 aromatic heterocycles. The fourth-order valence-corrected chi connectivity index (χ4v) is 2.00. The van der Waals surface area contributed by atoms with Crippen molar-refractivity contribution in [3.05, 3.63) is 46.6 Å². The summed E-state index contributed by atoms with van der Waals surface area (Å²) in [5.74, 6) is 1.86. The number of benzene rings is 1. The first kappa shape index (κ1) is 16.3. The van der Waals surface area contributed by atoms with Crippen molar-refractivity contribution in [2.24, 2.45) is 4.99 Å². The van der Waals surface area contributed by atoms with Crippen molar-refractivity contribution >= 4 is 17.6 Å². The number of hydrogen-bond acceptors (Lipinski definition) is 4. The number of aliphatic imine (C=N–C) groups is 1. The van der Waals surface area contributed by atoms with E-state index in [1.165, 1.54) is 5.56 Å². The van der Waals surface area contributed by atoms with Crippen LogP contribution >= 0.6 is 11.6 Å². The maximum Gasteiger partial charge on any atom is 0.223 e. The Balaban J connectivity index is 1.84. The van der Waals surface area contributed by atoms with E-state index in [9.17, 15) is 0 Å². The Labute approximate surface area is 135 Å². The van der Waals surface area contributed by atoms with E-state index in [2.05, 4.69) is 25.8 Å². The van der Waals surface area contributed by atoms with Crippen molar-refractivity contribution in [2.75, 3.05) is 13.1 Å². The lowest BCUT2D eigenvalue weighted by atomic mass is 10.1. The molecule has 2 N–H and O–H groups in total. The Bertz CT molecular complexity index is 609. The molecule has 118 valence electrons. The molecule has 7 heteroatoms. The summed E-state index contributed by atoms with van der Waals surface area (Å²) in [5, 5.41) is 11.0. The van der Waals surface area contributed by atoms with Crippen LogP contribution in [0.4, 0.5) is 0 Å². The highest BCUT2D eigenvalue weighted by Crippen LogP contribution is 2.09. The van der Waals surface area contributed by atoms with Gasteiger partial charge < -0.3 is 15.2 Å². The largest absolute Gasteiger partial charge is 0.357 e. The molecule has 0 radical (unpaired) electrons. The Hall–Kier alpha value is -2.08. The van der Waals surface area contributed by atoms with Crippen molar-refractivity contribution in [3.63, 3.8) is 0 Å². The molecule has 0 spiro atoms. The molecule has 0 bridgehead atoms. The maximum absolute atomic E-state index is 5.87. The summed E-state index contributed by atoms with van der Waals surface area (Å²) >= 11 is 5.87. The predicted octanol–water partition coefficient (Wildman–Crippen LogP) is 2.33. The fraction of sp³-hybridized carbons (Fsp3) is 0.400. The van der Waals surface area contributed by atoms with Crippen LogP contribution < -0.4 is 10.6 Å². The van der Waals surface area contributed by atoms with E-state index in [-0.39, 0.29) is 0 Å². The molecular weight excluding hydrogens is 302 g/mol. The summed E-state index contributed by atoms with van der Waals surface area (Å²) in [5.41, 5.74) is 1.22. The number of guanidine groups is 1. The van der Waals surface area contributed by atoms with Crippen LogP contribution in [0.3, 0.4) is 0 Å². The normalized spacial score (nSPS) is 11.5. The van der Waals surface area contributed by atoms with E-state index in [0.717, 1.165) is 30.5 Å². The summed E-state index contributed by atoms with van der Waals surface area (Å²) in [6.07, 6.45) is 0.892. The van der Waals surface area contributed by atoms with Crippen molar-refractivity contribution in [1.82, 2.24) is 20.8 Å². The van der Waals surface area contributed by atoms with Crippen molar-refractivity contribution in [1.29, 1.82) is 0 Å². The summed E-state index contributed by atoms with van der Waals surface area (Å²) in [6.45, 7) is 5.73. The van der Waals surface area contributed by atoms with Gasteiger partial charge >= 0.3 is 0 Å². The highest BCUT2D eigenvalue weighted by Gasteiger charge is 2.02. The van der Waals surface area contributed by atoms with Gasteiger partial charge in [-0.25, -0.2) is 4.99 Å². The molecule has 1 heterocycles. The van der Waals surface area contributed by atoms with Gasteiger partial charge in [-0.05, 0) is 31.0 Å². The van der Waals surface area contributed by atoms with Crippen molar-refractivity contribution in [3.8, 4) is 0 Å². The predicted molar refractivity (Wildman–Crippen MR) is 87.0 cm³/mol. The van der Waals surface area contributed by atoms with Crippen LogP contribution in [0.2, 0.25) is 5.02 Å². The smallest absolute Gasteiger partial charge is 0.223 e. The summed E-state index contributed by atoms with van der Waals surface area (Å²) < 4.78 is 4.92. The minimum atomic E-state index is 0.383. The van der Waals surface area contributed by atoms with E-state index < -0.39 is 0 Å². The van der Waals surface area contributed by atoms with Crippen LogP contribution in [0.25, 0.3) is 0 Å². The van der Waals surface area contributed by atoms with E-state index in [0.29, 0.717) is 18.3 Å². The minimum absolute atomic E-state index is 0.383. The first-order valence-electron chi connectivity index (χ1n) is 7.23. The highest BCUT2D eigenvalue weighted by atomic mass is 35.5. The zero-order valence-corrected chi connectivity index (χ0v) is 13.5. The van der Waals surface area contributed by atoms with Crippen LogP contribution in [0.5, 0.6) is 0 Å². The van der Waals surface area contributed by atoms with Gasteiger partial charge in [-0.3, -0.25) is 0 Å². The van der Waals surface area contributed by atoms with Crippen LogP contribution in [-0.2, 0) is 13.0 Å². The third kappa shape index (κ3) is 5.37. The second-order valence-corrected chi connectivity index (χ2v) is 5.16. The van der Waals surface area contributed by atoms with Gasteiger partial charge in [0.1, 0.15) is 6.54 Å². The fourth-order valence-electron chi connectivity index (χ4n) is 1.87. The molecule has 1 aromatic carbocycles. The van der Waals surface area contributed by atoms with Crippen molar-refractivity contribution in [2.45, 2.75) is 26.8 Å². The standard InChI is InChI=1S/C15H20ClN5O/c1-3-17-15(19-10-14-20-11(2)22-21-14)18-9-8-12-4-6-13(16)7-5-12/h4-7H,3,8-10H2,1-2H3,(H2,17,18,19). The lowest BCUT2D eigenvalue weighted by Crippen LogP contribution is -2.38. The van der Waals surface area contributed by atoms with E-state index in [1.807, 2.05) is 31.2 Å². The lowest BCUT2D eigenvalue weighted by molar-refractivity contribution is 0.387. The third-order valence-electron chi connectivity index (χ3n) is 2.91. The Kier molecular flexibility index (Phi) is 6.21. The molecule has 0 aliphatic heterocycles. The number of nitrogens with one attached hydrogen (secondary N) is 2. The number of rotatable bonds is 6. The second kappa shape index (κ2) is 8.38. The molecule has 0 saturated heterocycles. The number of hydrogen-bond donors (Lipinski definition) is 2. The zero-order valence-electron chi connectivity index (χ0n) is 12.8. The van der Waals surface area contributed by atoms with E-state index in [4.69, 9.17) is 16.1 Å². The molecule has 2 rings (SSSR count). The first-order chi connectivity index (χ1) is 10.7. The molecule has 2 aromatic rings. The quantitative estimate of drug-likeness (QED) is 0.631. The first-order valence-corrected chi connectivity index (χ1v) is 7.61. The molecule has 0 unspecified atom stereocenters. The molecule has 0 aliphatic carbocycles. The summed E-state index contributed by atoms with van der Waals surface area (Å²) in [7, 11) is 0. The van der Waals surface area contributed by atoms with Crippen LogP contribution in [0, 0.1) is 6.92 Å². The van der Waals surface area contributed by atoms with Gasteiger partial charge in [0.25, 0.3) is 0 Å². The Morgan fingerprint density at radius 1 is 1.27 bits per heavy atom. The van der Waals surface area contributed by atoms with Crippen molar-refractivity contribution < 1.29 is 4.52 Å². The zero-order chi connectivity index (χ0) is 15.8. The number of aryl methyl sites for hydroxylation is 1. The molecule has 0 atom stereocenters. The third-order valence-corrected chi connectivity index (χ3v) is 3.16. The lowest BCUT2D eigenvalue weighted by Gasteiger charge is -2.10. The van der Waals surface area contributed by atoms with Crippen LogP contribution in [0.15, 0.2) is 33.8 Å². The summed E-state index contributed by atoms with van der Waals surface area (Å²) in [6, 6.07) is 7.84. The van der Waals surface area contributed by atoms with Crippen LogP contribution in [0.1, 0.15) is 24.2 Å². The average molecular weight is 322 g/mol. The van der Waals surface area contributed by atoms with Gasteiger partial charge in [-0.1, -0.05) is 28.9 Å². The van der Waals surface area contributed by atoms with Gasteiger partial charge in [0.05, 0.1) is 0 Å². The van der Waals surface area contributed by atoms with E-state index in [1.54, 1.807) is 6.92 Å². The van der Waals surface area contributed by atoms with Gasteiger partial charge in [-0.2, -0.15) is 4.98 Å². The van der Waals surface area contributed by atoms with Gasteiger partial charge in [0.2, 0.25) is 5.89 Å². The van der Waals surface area contributed by atoms with Gasteiger partial charge in [0, 0.05) is 25.0 Å². The molecule has 0 amide bonds. The Morgan fingerprint density at radius 2 is 2.05 bits per heavy atom. The molecule has 0 fully saturated rings. The molecule has 0 aliphatic rings. The SMILES string of the molecule is CCNC(=NCc1noc(C)n1)NCCc1ccc(Cl)cc1. The Morgan fingerprint density at radius 3 is 2.68 bits per heavy atom. The number of aromatic nitrogens is 2. The van der Waals surface area contributed by atoms with Gasteiger partial charge in [0.15, 0.2) is 11.8 Å². The van der Waals surface area contributed by atoms with E-state index >= 15 is 0 Å². The monoisotopic (exact) mass is 321 g/mol. The number of halogens is 1. The summed E-state index contributed by atoms with van der Waals surface area (Å²) in [4.78, 5) is 8.56.